The zero-order valence-electron chi connectivity index (χ0n) is 13.3. The Bertz CT molecular complexity index is 638. The number of unbranched alkanes of at least 4 members (excludes halogenated alkanes) is 1. The summed E-state index contributed by atoms with van der Waals surface area (Å²) in [4.78, 5) is 20.3. The van der Waals surface area contributed by atoms with Gasteiger partial charge in [-0.3, -0.25) is 4.79 Å². The van der Waals surface area contributed by atoms with Crippen LogP contribution in [0.4, 0.5) is 11.6 Å². The highest BCUT2D eigenvalue weighted by molar-refractivity contribution is 5.93. The lowest BCUT2D eigenvalue weighted by atomic mass is 10.1. The van der Waals surface area contributed by atoms with Crippen LogP contribution in [0.2, 0.25) is 0 Å². The largest absolute Gasteiger partial charge is 0.352 e. The van der Waals surface area contributed by atoms with Gasteiger partial charge in [0.05, 0.1) is 5.56 Å². The van der Waals surface area contributed by atoms with Crippen molar-refractivity contribution >= 4 is 17.5 Å². The maximum absolute atomic E-state index is 11.9. The van der Waals surface area contributed by atoms with Crippen molar-refractivity contribution in [3.63, 3.8) is 0 Å². The molecule has 0 saturated heterocycles. The summed E-state index contributed by atoms with van der Waals surface area (Å²) >= 11 is 0. The molecule has 5 heteroatoms. The molecule has 0 saturated carbocycles. The van der Waals surface area contributed by atoms with Gasteiger partial charge in [-0.1, -0.05) is 25.5 Å². The summed E-state index contributed by atoms with van der Waals surface area (Å²) in [5.74, 6) is 0.352. The fraction of sp³-hybridized carbons (Fsp3) is 0.353. The van der Waals surface area contributed by atoms with E-state index in [-0.39, 0.29) is 5.91 Å². The number of amides is 1. The van der Waals surface area contributed by atoms with Gasteiger partial charge in [0.15, 0.2) is 0 Å². The van der Waals surface area contributed by atoms with Crippen molar-refractivity contribution < 1.29 is 4.79 Å². The smallest absolute Gasteiger partial charge is 0.254 e. The number of aryl methyl sites for hydroxylation is 1. The van der Waals surface area contributed by atoms with Crippen LogP contribution in [0.5, 0.6) is 0 Å². The fourth-order valence-electron chi connectivity index (χ4n) is 2.00. The maximum atomic E-state index is 11.9. The van der Waals surface area contributed by atoms with Crippen LogP contribution in [0.3, 0.4) is 0 Å². The summed E-state index contributed by atoms with van der Waals surface area (Å²) in [5, 5.41) is 6.02. The molecule has 2 N–H and O–H groups in total. The highest BCUT2D eigenvalue weighted by atomic mass is 16.1. The van der Waals surface area contributed by atoms with E-state index in [1.807, 2.05) is 19.1 Å². The van der Waals surface area contributed by atoms with E-state index in [9.17, 15) is 4.79 Å². The van der Waals surface area contributed by atoms with Crippen molar-refractivity contribution in [3.8, 4) is 0 Å². The number of nitrogens with zero attached hydrogens (tertiary/aromatic N) is 2. The molecule has 2 aromatic rings. The SMILES string of the molecule is CCCCNC(=O)c1cnc(Nc2cccc(C)c2C)nc1. The number of carbonyl (C=O) groups excluding carboxylic acids is 1. The first-order valence-corrected chi connectivity index (χ1v) is 7.55. The highest BCUT2D eigenvalue weighted by Gasteiger charge is 2.07. The fourth-order valence-corrected chi connectivity index (χ4v) is 2.00. The molecule has 0 radical (unpaired) electrons. The lowest BCUT2D eigenvalue weighted by Crippen LogP contribution is -2.24. The van der Waals surface area contributed by atoms with Crippen molar-refractivity contribution in [2.24, 2.45) is 0 Å². The summed E-state index contributed by atoms with van der Waals surface area (Å²) in [6, 6.07) is 6.03. The first-order chi connectivity index (χ1) is 10.6. The Morgan fingerprint density at radius 2 is 1.91 bits per heavy atom. The van der Waals surface area contributed by atoms with Gasteiger partial charge in [-0.15, -0.1) is 0 Å². The average Bonchev–Trinajstić information content (AvgIpc) is 2.53. The molecule has 5 nitrogen and oxygen atoms in total. The summed E-state index contributed by atoms with van der Waals surface area (Å²) < 4.78 is 0. The molecule has 22 heavy (non-hydrogen) atoms. The van der Waals surface area contributed by atoms with Crippen molar-refractivity contribution in [2.45, 2.75) is 33.6 Å². The Hall–Kier alpha value is -2.43. The molecule has 0 aliphatic heterocycles. The minimum atomic E-state index is -0.133. The van der Waals surface area contributed by atoms with Gasteiger partial charge in [-0.05, 0) is 37.5 Å². The summed E-state index contributed by atoms with van der Waals surface area (Å²) in [7, 11) is 0. The Kier molecular flexibility index (Phi) is 5.47. The van der Waals surface area contributed by atoms with Gasteiger partial charge >= 0.3 is 0 Å². The molecular formula is C17H22N4O. The van der Waals surface area contributed by atoms with Crippen LogP contribution < -0.4 is 10.6 Å². The summed E-state index contributed by atoms with van der Waals surface area (Å²) in [5.41, 5.74) is 3.81. The van der Waals surface area contributed by atoms with Crippen molar-refractivity contribution in [2.75, 3.05) is 11.9 Å². The van der Waals surface area contributed by atoms with E-state index in [2.05, 4.69) is 40.5 Å². The van der Waals surface area contributed by atoms with Crippen LogP contribution in [0.15, 0.2) is 30.6 Å². The number of rotatable bonds is 6. The van der Waals surface area contributed by atoms with Gasteiger partial charge in [0.25, 0.3) is 5.91 Å². The van der Waals surface area contributed by atoms with Gasteiger partial charge in [-0.25, -0.2) is 9.97 Å². The minimum Gasteiger partial charge on any atom is -0.352 e. The van der Waals surface area contributed by atoms with Crippen LogP contribution in [-0.4, -0.2) is 22.4 Å². The van der Waals surface area contributed by atoms with Crippen LogP contribution >= 0.6 is 0 Å². The standard InChI is InChI=1S/C17H22N4O/c1-4-5-9-18-16(22)14-10-19-17(20-11-14)21-15-8-6-7-12(2)13(15)3/h6-8,10-11H,4-5,9H2,1-3H3,(H,18,22)(H,19,20,21). The van der Waals surface area contributed by atoms with Crippen molar-refractivity contribution in [3.05, 3.63) is 47.3 Å². The van der Waals surface area contributed by atoms with Crippen molar-refractivity contribution in [1.82, 2.24) is 15.3 Å². The van der Waals surface area contributed by atoms with E-state index in [0.29, 0.717) is 18.1 Å². The van der Waals surface area contributed by atoms with Crippen LogP contribution in [-0.2, 0) is 0 Å². The molecular weight excluding hydrogens is 276 g/mol. The molecule has 2 rings (SSSR count). The second-order valence-corrected chi connectivity index (χ2v) is 5.28. The van der Waals surface area contributed by atoms with E-state index in [1.54, 1.807) is 12.4 Å². The molecule has 0 atom stereocenters. The molecule has 1 amide bonds. The number of benzene rings is 1. The zero-order valence-corrected chi connectivity index (χ0v) is 13.3. The normalized spacial score (nSPS) is 10.3. The second kappa shape index (κ2) is 7.54. The molecule has 0 bridgehead atoms. The number of carbonyl (C=O) groups is 1. The summed E-state index contributed by atoms with van der Waals surface area (Å²) in [6.45, 7) is 6.87. The molecule has 116 valence electrons. The topological polar surface area (TPSA) is 66.9 Å². The number of hydrogen-bond acceptors (Lipinski definition) is 4. The number of nitrogens with one attached hydrogen (secondary N) is 2. The maximum Gasteiger partial charge on any atom is 0.254 e. The Morgan fingerprint density at radius 3 is 2.59 bits per heavy atom. The van der Waals surface area contributed by atoms with Crippen molar-refractivity contribution in [1.29, 1.82) is 0 Å². The molecule has 0 aliphatic rings. The third-order valence-electron chi connectivity index (χ3n) is 3.58. The Balaban J connectivity index is 2.03. The molecule has 0 unspecified atom stereocenters. The van der Waals surface area contributed by atoms with E-state index in [1.165, 1.54) is 5.56 Å². The minimum absolute atomic E-state index is 0.133. The zero-order chi connectivity index (χ0) is 15.9. The van der Waals surface area contributed by atoms with Gasteiger partial charge in [0.1, 0.15) is 0 Å². The molecule has 1 heterocycles. The highest BCUT2D eigenvalue weighted by Crippen LogP contribution is 2.20. The number of anilines is 2. The van der Waals surface area contributed by atoms with E-state index in [0.717, 1.165) is 24.1 Å². The lowest BCUT2D eigenvalue weighted by molar-refractivity contribution is 0.0952. The van der Waals surface area contributed by atoms with E-state index < -0.39 is 0 Å². The van der Waals surface area contributed by atoms with Gasteiger partial charge < -0.3 is 10.6 Å². The predicted octanol–water partition coefficient (Wildman–Crippen LogP) is 3.37. The quantitative estimate of drug-likeness (QED) is 0.802. The third-order valence-corrected chi connectivity index (χ3v) is 3.58. The summed E-state index contributed by atoms with van der Waals surface area (Å²) in [6.07, 6.45) is 5.11. The number of aromatic nitrogens is 2. The Labute approximate surface area is 131 Å². The van der Waals surface area contributed by atoms with Crippen LogP contribution in [0, 0.1) is 13.8 Å². The first-order valence-electron chi connectivity index (χ1n) is 7.55. The second-order valence-electron chi connectivity index (χ2n) is 5.28. The molecule has 0 spiro atoms. The average molecular weight is 298 g/mol. The monoisotopic (exact) mass is 298 g/mol. The molecule has 1 aromatic heterocycles. The predicted molar refractivity (Wildman–Crippen MR) is 88.5 cm³/mol. The van der Waals surface area contributed by atoms with Crippen LogP contribution in [0.25, 0.3) is 0 Å². The van der Waals surface area contributed by atoms with E-state index >= 15 is 0 Å². The number of hydrogen-bond donors (Lipinski definition) is 2. The molecule has 1 aromatic carbocycles. The van der Waals surface area contributed by atoms with Crippen LogP contribution in [0.1, 0.15) is 41.3 Å². The van der Waals surface area contributed by atoms with Gasteiger partial charge in [-0.2, -0.15) is 0 Å². The van der Waals surface area contributed by atoms with E-state index in [4.69, 9.17) is 0 Å². The first kappa shape index (κ1) is 15.9. The van der Waals surface area contributed by atoms with Gasteiger partial charge in [0, 0.05) is 24.6 Å². The Morgan fingerprint density at radius 1 is 1.18 bits per heavy atom. The molecule has 0 aliphatic carbocycles. The molecule has 0 fully saturated rings. The van der Waals surface area contributed by atoms with Gasteiger partial charge in [0.2, 0.25) is 5.95 Å². The lowest BCUT2D eigenvalue weighted by Gasteiger charge is -2.10. The third kappa shape index (κ3) is 4.04.